The lowest BCUT2D eigenvalue weighted by atomic mass is 10.2. The first-order chi connectivity index (χ1) is 8.04. The molecule has 0 fully saturated rings. The largest absolute Gasteiger partial charge is 0.376 e. The average Bonchev–Trinajstić information content (AvgIpc) is 2.35. The minimum atomic E-state index is 0.0612. The summed E-state index contributed by atoms with van der Waals surface area (Å²) in [6, 6.07) is 7.68. The highest BCUT2D eigenvalue weighted by atomic mass is 16.2. The van der Waals surface area contributed by atoms with Gasteiger partial charge in [-0.05, 0) is 32.0 Å². The molecule has 17 heavy (non-hydrogen) atoms. The van der Waals surface area contributed by atoms with Gasteiger partial charge in [-0.25, -0.2) is 0 Å². The lowest BCUT2D eigenvalue weighted by molar-refractivity contribution is -0.129. The van der Waals surface area contributed by atoms with Gasteiger partial charge in [0.05, 0.1) is 6.54 Å². The van der Waals surface area contributed by atoms with Gasteiger partial charge in [0.25, 0.3) is 0 Å². The molecule has 0 unspecified atom stereocenters. The first kappa shape index (κ1) is 13.1. The standard InChI is InChI=1S/C14H18N2O/c1-5-12-7-6-8-13(9-12)15-10-14(17)16(4)11(2)3/h1,6-9,11,15H,10H2,2-4H3. The smallest absolute Gasteiger partial charge is 0.241 e. The van der Waals surface area contributed by atoms with E-state index < -0.39 is 0 Å². The Bertz CT molecular complexity index is 432. The highest BCUT2D eigenvalue weighted by Gasteiger charge is 2.10. The van der Waals surface area contributed by atoms with Crippen LogP contribution >= 0.6 is 0 Å². The third-order valence-corrected chi connectivity index (χ3v) is 2.64. The first-order valence-electron chi connectivity index (χ1n) is 5.60. The normalized spacial score (nSPS) is 9.82. The van der Waals surface area contributed by atoms with Gasteiger partial charge in [-0.2, -0.15) is 0 Å². The van der Waals surface area contributed by atoms with Crippen molar-refractivity contribution >= 4 is 11.6 Å². The fraction of sp³-hybridized carbons (Fsp3) is 0.357. The van der Waals surface area contributed by atoms with E-state index in [4.69, 9.17) is 6.42 Å². The Hall–Kier alpha value is -1.95. The second kappa shape index (κ2) is 5.95. The number of carbonyl (C=O) groups is 1. The molecule has 1 rings (SSSR count). The zero-order valence-corrected chi connectivity index (χ0v) is 10.5. The molecule has 3 nitrogen and oxygen atoms in total. The molecule has 0 heterocycles. The van der Waals surface area contributed by atoms with Crippen LogP contribution in [-0.2, 0) is 4.79 Å². The Labute approximate surface area is 103 Å². The van der Waals surface area contributed by atoms with Crippen molar-refractivity contribution < 1.29 is 4.79 Å². The van der Waals surface area contributed by atoms with Crippen molar-refractivity contribution in [3.05, 3.63) is 29.8 Å². The highest BCUT2D eigenvalue weighted by Crippen LogP contribution is 2.09. The molecule has 0 bridgehead atoms. The zero-order chi connectivity index (χ0) is 12.8. The lowest BCUT2D eigenvalue weighted by Gasteiger charge is -2.21. The quantitative estimate of drug-likeness (QED) is 0.802. The Morgan fingerprint density at radius 1 is 1.53 bits per heavy atom. The molecule has 0 radical (unpaired) electrons. The molecule has 0 aromatic heterocycles. The molecular weight excluding hydrogens is 212 g/mol. The first-order valence-corrected chi connectivity index (χ1v) is 5.60. The summed E-state index contributed by atoms with van der Waals surface area (Å²) in [5, 5.41) is 3.07. The van der Waals surface area contributed by atoms with Crippen LogP contribution in [0.25, 0.3) is 0 Å². The highest BCUT2D eigenvalue weighted by molar-refractivity contribution is 5.80. The Balaban J connectivity index is 2.56. The SMILES string of the molecule is C#Cc1cccc(NCC(=O)N(C)C(C)C)c1. The molecule has 3 heteroatoms. The molecular formula is C14H18N2O. The van der Waals surface area contributed by atoms with Crippen LogP contribution in [0.15, 0.2) is 24.3 Å². The molecule has 0 aliphatic rings. The van der Waals surface area contributed by atoms with Crippen molar-refractivity contribution in [3.63, 3.8) is 0 Å². The van der Waals surface area contributed by atoms with Gasteiger partial charge in [-0.1, -0.05) is 12.0 Å². The molecule has 0 spiro atoms. The van der Waals surface area contributed by atoms with E-state index in [-0.39, 0.29) is 18.5 Å². The van der Waals surface area contributed by atoms with E-state index in [0.717, 1.165) is 11.3 Å². The summed E-state index contributed by atoms with van der Waals surface area (Å²) in [5.41, 5.74) is 1.67. The second-order valence-electron chi connectivity index (χ2n) is 4.18. The Kier molecular flexibility index (Phi) is 4.59. The van der Waals surface area contributed by atoms with Crippen molar-refractivity contribution in [2.75, 3.05) is 18.9 Å². The minimum Gasteiger partial charge on any atom is -0.376 e. The number of carbonyl (C=O) groups excluding carboxylic acids is 1. The van der Waals surface area contributed by atoms with Crippen molar-refractivity contribution in [1.82, 2.24) is 4.90 Å². The summed E-state index contributed by atoms with van der Waals surface area (Å²) in [7, 11) is 1.80. The zero-order valence-electron chi connectivity index (χ0n) is 10.5. The van der Waals surface area contributed by atoms with Crippen LogP contribution in [-0.4, -0.2) is 30.4 Å². The molecule has 1 N–H and O–H groups in total. The molecule has 0 aliphatic carbocycles. The van der Waals surface area contributed by atoms with E-state index in [9.17, 15) is 4.79 Å². The van der Waals surface area contributed by atoms with E-state index in [1.807, 2.05) is 38.1 Å². The maximum Gasteiger partial charge on any atom is 0.241 e. The van der Waals surface area contributed by atoms with Crippen LogP contribution in [0.1, 0.15) is 19.4 Å². The molecule has 1 aromatic rings. The van der Waals surface area contributed by atoms with Gasteiger partial charge in [-0.15, -0.1) is 6.42 Å². The van der Waals surface area contributed by atoms with Gasteiger partial charge in [0.1, 0.15) is 0 Å². The van der Waals surface area contributed by atoms with E-state index >= 15 is 0 Å². The van der Waals surface area contributed by atoms with E-state index in [2.05, 4.69) is 11.2 Å². The molecule has 1 aromatic carbocycles. The maximum atomic E-state index is 11.7. The number of hydrogen-bond acceptors (Lipinski definition) is 2. The number of likely N-dealkylation sites (N-methyl/N-ethyl adjacent to an activating group) is 1. The van der Waals surface area contributed by atoms with Gasteiger partial charge in [0.2, 0.25) is 5.91 Å². The fourth-order valence-corrected chi connectivity index (χ4v) is 1.31. The second-order valence-corrected chi connectivity index (χ2v) is 4.18. The minimum absolute atomic E-state index is 0.0612. The van der Waals surface area contributed by atoms with Gasteiger partial charge in [-0.3, -0.25) is 4.79 Å². The Morgan fingerprint density at radius 2 is 2.24 bits per heavy atom. The van der Waals surface area contributed by atoms with Crippen molar-refractivity contribution in [2.45, 2.75) is 19.9 Å². The topological polar surface area (TPSA) is 32.3 Å². The summed E-state index contributed by atoms with van der Waals surface area (Å²) < 4.78 is 0. The van der Waals surface area contributed by atoms with E-state index in [1.165, 1.54) is 0 Å². The summed E-state index contributed by atoms with van der Waals surface area (Å²) in [6.07, 6.45) is 5.31. The van der Waals surface area contributed by atoms with Crippen molar-refractivity contribution in [2.24, 2.45) is 0 Å². The van der Waals surface area contributed by atoms with Crippen LogP contribution in [0.3, 0.4) is 0 Å². The Morgan fingerprint density at radius 3 is 2.82 bits per heavy atom. The summed E-state index contributed by atoms with van der Waals surface area (Å²) in [4.78, 5) is 13.4. The van der Waals surface area contributed by atoms with Crippen molar-refractivity contribution in [3.8, 4) is 12.3 Å². The molecule has 90 valence electrons. The number of benzene rings is 1. The van der Waals surface area contributed by atoms with Crippen LogP contribution in [0, 0.1) is 12.3 Å². The summed E-state index contributed by atoms with van der Waals surface area (Å²) in [6.45, 7) is 4.25. The number of rotatable bonds is 4. The molecule has 0 saturated carbocycles. The van der Waals surface area contributed by atoms with E-state index in [0.29, 0.717) is 0 Å². The molecule has 0 atom stereocenters. The van der Waals surface area contributed by atoms with Crippen LogP contribution in [0.4, 0.5) is 5.69 Å². The monoisotopic (exact) mass is 230 g/mol. The number of amides is 1. The van der Waals surface area contributed by atoms with Crippen LogP contribution < -0.4 is 5.32 Å². The third-order valence-electron chi connectivity index (χ3n) is 2.64. The number of anilines is 1. The van der Waals surface area contributed by atoms with Crippen molar-refractivity contribution in [1.29, 1.82) is 0 Å². The van der Waals surface area contributed by atoms with Gasteiger partial charge in [0.15, 0.2) is 0 Å². The predicted molar refractivity (Wildman–Crippen MR) is 70.8 cm³/mol. The van der Waals surface area contributed by atoms with Crippen LogP contribution in [0.2, 0.25) is 0 Å². The number of hydrogen-bond donors (Lipinski definition) is 1. The molecule has 0 saturated heterocycles. The fourth-order valence-electron chi connectivity index (χ4n) is 1.31. The van der Waals surface area contributed by atoms with E-state index in [1.54, 1.807) is 11.9 Å². The predicted octanol–water partition coefficient (Wildman–Crippen LogP) is 1.95. The summed E-state index contributed by atoms with van der Waals surface area (Å²) >= 11 is 0. The summed E-state index contributed by atoms with van der Waals surface area (Å²) in [5.74, 6) is 2.62. The lowest BCUT2D eigenvalue weighted by Crippen LogP contribution is -2.37. The number of nitrogens with zero attached hydrogens (tertiary/aromatic N) is 1. The third kappa shape index (κ3) is 3.84. The molecule has 1 amide bonds. The van der Waals surface area contributed by atoms with Crippen LogP contribution in [0.5, 0.6) is 0 Å². The maximum absolute atomic E-state index is 11.7. The number of terminal acetylenes is 1. The molecule has 0 aliphatic heterocycles. The average molecular weight is 230 g/mol. The number of nitrogens with one attached hydrogen (secondary N) is 1. The van der Waals surface area contributed by atoms with Gasteiger partial charge < -0.3 is 10.2 Å². The van der Waals surface area contributed by atoms with Gasteiger partial charge >= 0.3 is 0 Å². The van der Waals surface area contributed by atoms with Gasteiger partial charge in [0, 0.05) is 24.3 Å².